The Morgan fingerprint density at radius 2 is 1.73 bits per heavy atom. The zero-order valence-corrected chi connectivity index (χ0v) is 16.4. The quantitative estimate of drug-likeness (QED) is 0.601. The molecule has 8 heteroatoms. The summed E-state index contributed by atoms with van der Waals surface area (Å²) in [4.78, 5) is 0. The Morgan fingerprint density at radius 3 is 2.38 bits per heavy atom. The molecule has 2 N–H and O–H groups in total. The first-order valence-electron chi connectivity index (χ1n) is 8.07. The summed E-state index contributed by atoms with van der Waals surface area (Å²) in [5.74, 6) is 1.00. The van der Waals surface area contributed by atoms with Crippen molar-refractivity contribution in [2.75, 3.05) is 26.5 Å². The van der Waals surface area contributed by atoms with E-state index in [-0.39, 0.29) is 12.3 Å². The van der Waals surface area contributed by atoms with Gasteiger partial charge in [-0.1, -0.05) is 41.9 Å². The van der Waals surface area contributed by atoms with Gasteiger partial charge in [-0.15, -0.1) is 0 Å². The van der Waals surface area contributed by atoms with E-state index >= 15 is 0 Å². The van der Waals surface area contributed by atoms with Crippen molar-refractivity contribution in [1.82, 2.24) is 10.0 Å². The van der Waals surface area contributed by atoms with Crippen molar-refractivity contribution >= 4 is 21.6 Å². The van der Waals surface area contributed by atoms with Crippen molar-refractivity contribution in [2.24, 2.45) is 0 Å². The minimum atomic E-state index is -3.35. The van der Waals surface area contributed by atoms with Gasteiger partial charge < -0.3 is 14.8 Å². The van der Waals surface area contributed by atoms with Gasteiger partial charge in [0.25, 0.3) is 0 Å². The molecule has 0 unspecified atom stereocenters. The van der Waals surface area contributed by atoms with E-state index in [1.165, 1.54) is 14.2 Å². The maximum Gasteiger partial charge on any atom is 0.213 e. The highest BCUT2D eigenvalue weighted by Gasteiger charge is 2.12. The van der Waals surface area contributed by atoms with Gasteiger partial charge in [0, 0.05) is 19.6 Å². The molecule has 2 aromatic rings. The molecule has 142 valence electrons. The lowest BCUT2D eigenvalue weighted by atomic mass is 10.2. The molecule has 0 spiro atoms. The number of hydrogen-bond donors (Lipinski definition) is 2. The zero-order valence-electron chi connectivity index (χ0n) is 14.8. The normalized spacial score (nSPS) is 11.3. The molecule has 0 aromatic heterocycles. The molecule has 0 aliphatic rings. The molecule has 0 amide bonds. The van der Waals surface area contributed by atoms with Crippen LogP contribution in [0.4, 0.5) is 0 Å². The summed E-state index contributed by atoms with van der Waals surface area (Å²) in [6.07, 6.45) is 0. The van der Waals surface area contributed by atoms with Gasteiger partial charge in [-0.2, -0.15) is 0 Å². The minimum Gasteiger partial charge on any atom is -0.493 e. The standard InChI is InChI=1S/C18H23ClN2O4S/c1-24-17-11-15(10-16(19)18(17)25-2)12-20-8-9-26(22,23)21-13-14-6-4-3-5-7-14/h3-7,10-11,20-21H,8-9,12-13H2,1-2H3. The molecule has 0 bridgehead atoms. The minimum absolute atomic E-state index is 0.0130. The number of hydrogen-bond acceptors (Lipinski definition) is 5. The van der Waals surface area contributed by atoms with Crippen LogP contribution in [0.15, 0.2) is 42.5 Å². The van der Waals surface area contributed by atoms with Gasteiger partial charge in [0.1, 0.15) is 0 Å². The van der Waals surface area contributed by atoms with Crippen LogP contribution in [0, 0.1) is 0 Å². The monoisotopic (exact) mass is 398 g/mol. The van der Waals surface area contributed by atoms with E-state index in [0.29, 0.717) is 29.6 Å². The molecule has 0 heterocycles. The predicted molar refractivity (Wildman–Crippen MR) is 103 cm³/mol. The van der Waals surface area contributed by atoms with Gasteiger partial charge in [0.2, 0.25) is 10.0 Å². The summed E-state index contributed by atoms with van der Waals surface area (Å²) < 4.78 is 37.1. The van der Waals surface area contributed by atoms with Crippen molar-refractivity contribution in [3.8, 4) is 11.5 Å². The highest BCUT2D eigenvalue weighted by Crippen LogP contribution is 2.35. The van der Waals surface area contributed by atoms with E-state index in [4.69, 9.17) is 21.1 Å². The summed E-state index contributed by atoms with van der Waals surface area (Å²) in [5, 5.41) is 3.54. The van der Waals surface area contributed by atoms with Gasteiger partial charge in [-0.05, 0) is 23.3 Å². The molecule has 2 aromatic carbocycles. The molecule has 0 radical (unpaired) electrons. The third-order valence-corrected chi connectivity index (χ3v) is 5.32. The summed E-state index contributed by atoms with van der Waals surface area (Å²) >= 11 is 6.16. The van der Waals surface area contributed by atoms with Gasteiger partial charge in [-0.25, -0.2) is 13.1 Å². The molecule has 0 fully saturated rings. The number of benzene rings is 2. The van der Waals surface area contributed by atoms with Crippen molar-refractivity contribution < 1.29 is 17.9 Å². The number of ether oxygens (including phenoxy) is 2. The Bertz CT molecular complexity index is 813. The average molecular weight is 399 g/mol. The fourth-order valence-electron chi connectivity index (χ4n) is 2.37. The predicted octanol–water partition coefficient (Wildman–Crippen LogP) is 2.57. The molecule has 0 saturated heterocycles. The Morgan fingerprint density at radius 1 is 1.00 bits per heavy atom. The summed E-state index contributed by atoms with van der Waals surface area (Å²) in [6, 6.07) is 13.0. The second kappa shape index (κ2) is 9.78. The topological polar surface area (TPSA) is 76.7 Å². The van der Waals surface area contributed by atoms with Crippen LogP contribution in [-0.2, 0) is 23.1 Å². The first-order chi connectivity index (χ1) is 12.4. The maximum atomic E-state index is 12.0. The number of nitrogens with one attached hydrogen (secondary N) is 2. The lowest BCUT2D eigenvalue weighted by Gasteiger charge is -2.12. The summed E-state index contributed by atoms with van der Waals surface area (Å²) in [5.41, 5.74) is 1.80. The largest absolute Gasteiger partial charge is 0.493 e. The van der Waals surface area contributed by atoms with Crippen LogP contribution in [0.3, 0.4) is 0 Å². The molecule has 0 aliphatic carbocycles. The molecular formula is C18H23ClN2O4S. The van der Waals surface area contributed by atoms with E-state index in [0.717, 1.165) is 11.1 Å². The number of sulfonamides is 1. The van der Waals surface area contributed by atoms with Gasteiger partial charge in [-0.3, -0.25) is 0 Å². The third-order valence-electron chi connectivity index (χ3n) is 3.71. The average Bonchev–Trinajstić information content (AvgIpc) is 2.64. The third kappa shape index (κ3) is 6.17. The van der Waals surface area contributed by atoms with E-state index < -0.39 is 10.0 Å². The zero-order chi connectivity index (χ0) is 19.0. The number of halogens is 1. The van der Waals surface area contributed by atoms with Crippen molar-refractivity contribution in [2.45, 2.75) is 13.1 Å². The highest BCUT2D eigenvalue weighted by atomic mass is 35.5. The van der Waals surface area contributed by atoms with Crippen LogP contribution in [0.2, 0.25) is 5.02 Å². The molecule has 0 aliphatic heterocycles. The fraction of sp³-hybridized carbons (Fsp3) is 0.333. The van der Waals surface area contributed by atoms with Crippen LogP contribution in [0.1, 0.15) is 11.1 Å². The fourth-order valence-corrected chi connectivity index (χ4v) is 3.63. The van der Waals surface area contributed by atoms with E-state index in [1.54, 1.807) is 12.1 Å². The summed E-state index contributed by atoms with van der Waals surface area (Å²) in [6.45, 7) is 1.07. The Kier molecular flexibility index (Phi) is 7.71. The van der Waals surface area contributed by atoms with Crippen molar-refractivity contribution in [3.63, 3.8) is 0 Å². The van der Waals surface area contributed by atoms with Crippen LogP contribution in [0.25, 0.3) is 0 Å². The first kappa shape index (κ1) is 20.5. The lowest BCUT2D eigenvalue weighted by molar-refractivity contribution is 0.354. The van der Waals surface area contributed by atoms with Gasteiger partial charge in [0.15, 0.2) is 11.5 Å². The molecule has 0 atom stereocenters. The highest BCUT2D eigenvalue weighted by molar-refractivity contribution is 7.89. The molecule has 26 heavy (non-hydrogen) atoms. The van der Waals surface area contributed by atoms with Crippen LogP contribution < -0.4 is 19.5 Å². The number of methoxy groups -OCH3 is 2. The SMILES string of the molecule is COc1cc(CNCCS(=O)(=O)NCc2ccccc2)cc(Cl)c1OC. The van der Waals surface area contributed by atoms with Crippen LogP contribution >= 0.6 is 11.6 Å². The van der Waals surface area contributed by atoms with Crippen LogP contribution in [-0.4, -0.2) is 34.9 Å². The van der Waals surface area contributed by atoms with E-state index in [1.807, 2.05) is 30.3 Å². The van der Waals surface area contributed by atoms with Crippen LogP contribution in [0.5, 0.6) is 11.5 Å². The lowest BCUT2D eigenvalue weighted by Crippen LogP contribution is -2.31. The first-order valence-corrected chi connectivity index (χ1v) is 10.1. The molecule has 6 nitrogen and oxygen atoms in total. The van der Waals surface area contributed by atoms with Crippen molar-refractivity contribution in [1.29, 1.82) is 0 Å². The Hall–Kier alpha value is -1.80. The Labute approximate surface area is 159 Å². The number of rotatable bonds is 10. The van der Waals surface area contributed by atoms with E-state index in [9.17, 15) is 8.42 Å². The Balaban J connectivity index is 1.81. The van der Waals surface area contributed by atoms with Gasteiger partial charge >= 0.3 is 0 Å². The second-order valence-corrected chi connectivity index (χ2v) is 7.95. The smallest absolute Gasteiger partial charge is 0.213 e. The van der Waals surface area contributed by atoms with Crippen molar-refractivity contribution in [3.05, 3.63) is 58.6 Å². The maximum absolute atomic E-state index is 12.0. The molecular weight excluding hydrogens is 376 g/mol. The second-order valence-electron chi connectivity index (χ2n) is 5.62. The summed E-state index contributed by atoms with van der Waals surface area (Å²) in [7, 11) is -0.288. The van der Waals surface area contributed by atoms with Gasteiger partial charge in [0.05, 0.1) is 25.0 Å². The molecule has 0 saturated carbocycles. The molecule has 2 rings (SSSR count). The van der Waals surface area contributed by atoms with E-state index in [2.05, 4.69) is 10.0 Å².